The van der Waals surface area contributed by atoms with Crippen LogP contribution in [0.25, 0.3) is 0 Å². The lowest BCUT2D eigenvalue weighted by atomic mass is 9.85. The Morgan fingerprint density at radius 3 is 2.71 bits per heavy atom. The van der Waals surface area contributed by atoms with Gasteiger partial charge in [-0.1, -0.05) is 19.8 Å². The molecule has 0 aromatic heterocycles. The van der Waals surface area contributed by atoms with Gasteiger partial charge in [-0.25, -0.2) is 4.79 Å². The largest absolute Gasteiger partial charge is 0.480 e. The molecule has 0 spiro atoms. The lowest BCUT2D eigenvalue weighted by molar-refractivity contribution is -0.142. The third-order valence-electron chi connectivity index (χ3n) is 3.28. The van der Waals surface area contributed by atoms with E-state index in [4.69, 9.17) is 10.8 Å². The molecule has 0 aromatic carbocycles. The lowest BCUT2D eigenvalue weighted by Gasteiger charge is -2.26. The van der Waals surface area contributed by atoms with Crippen molar-refractivity contribution in [2.75, 3.05) is 0 Å². The Hall–Kier alpha value is -1.10. The standard InChI is InChI=1S/C12H22N2O3/c1-2-4-10(12(16)17)14-11(15)8-5-3-6-9(13)7-8/h8-10H,2-7,13H2,1H3,(H,14,15)(H,16,17)/t8?,9?,10-/m0/s1. The molecule has 3 atom stereocenters. The summed E-state index contributed by atoms with van der Waals surface area (Å²) in [5, 5.41) is 11.6. The number of amides is 1. The number of carbonyl (C=O) groups excluding carboxylic acids is 1. The van der Waals surface area contributed by atoms with Gasteiger partial charge in [0.2, 0.25) is 5.91 Å². The molecule has 1 amide bonds. The van der Waals surface area contributed by atoms with Crippen LogP contribution >= 0.6 is 0 Å². The molecular formula is C12H22N2O3. The van der Waals surface area contributed by atoms with E-state index in [-0.39, 0.29) is 17.9 Å². The van der Waals surface area contributed by atoms with Crippen LogP contribution in [0.15, 0.2) is 0 Å². The van der Waals surface area contributed by atoms with Crippen LogP contribution in [0.4, 0.5) is 0 Å². The molecule has 1 aliphatic rings. The number of nitrogens with two attached hydrogens (primary N) is 1. The fourth-order valence-corrected chi connectivity index (χ4v) is 2.30. The zero-order chi connectivity index (χ0) is 12.8. The van der Waals surface area contributed by atoms with Crippen molar-refractivity contribution in [2.45, 2.75) is 57.5 Å². The van der Waals surface area contributed by atoms with Gasteiger partial charge >= 0.3 is 5.97 Å². The number of carboxylic acids is 1. The molecule has 1 saturated carbocycles. The highest BCUT2D eigenvalue weighted by Crippen LogP contribution is 2.23. The summed E-state index contributed by atoms with van der Waals surface area (Å²) in [6.45, 7) is 1.90. The molecular weight excluding hydrogens is 220 g/mol. The summed E-state index contributed by atoms with van der Waals surface area (Å²) in [5.74, 6) is -1.22. The van der Waals surface area contributed by atoms with Crippen LogP contribution in [0.2, 0.25) is 0 Å². The maximum atomic E-state index is 11.9. The Morgan fingerprint density at radius 1 is 1.47 bits per heavy atom. The van der Waals surface area contributed by atoms with Crippen LogP contribution in [0, 0.1) is 5.92 Å². The molecule has 0 saturated heterocycles. The lowest BCUT2D eigenvalue weighted by Crippen LogP contribution is -2.45. The molecule has 5 heteroatoms. The fourth-order valence-electron chi connectivity index (χ4n) is 2.30. The fraction of sp³-hybridized carbons (Fsp3) is 0.833. The van der Waals surface area contributed by atoms with Gasteiger partial charge in [0.05, 0.1) is 0 Å². The number of hydrogen-bond acceptors (Lipinski definition) is 3. The smallest absolute Gasteiger partial charge is 0.326 e. The number of nitrogens with one attached hydrogen (secondary N) is 1. The number of rotatable bonds is 5. The van der Waals surface area contributed by atoms with E-state index in [0.29, 0.717) is 12.8 Å². The number of aliphatic carboxylic acids is 1. The summed E-state index contributed by atoms with van der Waals surface area (Å²) < 4.78 is 0. The molecule has 1 rings (SSSR count). The maximum Gasteiger partial charge on any atom is 0.326 e. The molecule has 2 unspecified atom stereocenters. The second kappa shape index (κ2) is 6.59. The quantitative estimate of drug-likeness (QED) is 0.667. The number of carboxylic acid groups (broad SMARTS) is 1. The van der Waals surface area contributed by atoms with E-state index in [0.717, 1.165) is 25.7 Å². The van der Waals surface area contributed by atoms with Crippen molar-refractivity contribution >= 4 is 11.9 Å². The van der Waals surface area contributed by atoms with Gasteiger partial charge in [-0.05, 0) is 25.7 Å². The van der Waals surface area contributed by atoms with Gasteiger partial charge in [0.15, 0.2) is 0 Å². The Kier molecular flexibility index (Phi) is 5.41. The number of carbonyl (C=O) groups is 2. The first-order chi connectivity index (χ1) is 8.04. The van der Waals surface area contributed by atoms with Gasteiger partial charge in [0, 0.05) is 12.0 Å². The van der Waals surface area contributed by atoms with E-state index in [1.807, 2.05) is 6.92 Å². The second-order valence-corrected chi connectivity index (χ2v) is 4.81. The highest BCUT2D eigenvalue weighted by atomic mass is 16.4. The summed E-state index contributed by atoms with van der Waals surface area (Å²) in [6, 6.07) is -0.681. The second-order valence-electron chi connectivity index (χ2n) is 4.81. The minimum absolute atomic E-state index is 0.0777. The first-order valence-electron chi connectivity index (χ1n) is 6.33. The highest BCUT2D eigenvalue weighted by Gasteiger charge is 2.28. The van der Waals surface area contributed by atoms with Crippen LogP contribution in [0.1, 0.15) is 45.4 Å². The van der Waals surface area contributed by atoms with Crippen LogP contribution in [0.5, 0.6) is 0 Å². The normalized spacial score (nSPS) is 26.2. The summed E-state index contributed by atoms with van der Waals surface area (Å²) in [5.41, 5.74) is 5.82. The first-order valence-corrected chi connectivity index (χ1v) is 6.33. The molecule has 5 nitrogen and oxygen atoms in total. The predicted molar refractivity (Wildman–Crippen MR) is 64.4 cm³/mol. The summed E-state index contributed by atoms with van der Waals surface area (Å²) >= 11 is 0. The molecule has 0 aromatic rings. The molecule has 1 fully saturated rings. The van der Waals surface area contributed by atoms with Crippen molar-refractivity contribution in [2.24, 2.45) is 11.7 Å². The Labute approximate surface area is 102 Å². The Balaban J connectivity index is 2.48. The van der Waals surface area contributed by atoms with Crippen molar-refractivity contribution in [1.82, 2.24) is 5.32 Å². The summed E-state index contributed by atoms with van der Waals surface area (Å²) in [6.07, 6.45) is 4.61. The van der Waals surface area contributed by atoms with Crippen LogP contribution in [-0.2, 0) is 9.59 Å². The van der Waals surface area contributed by atoms with Gasteiger partial charge in [0.25, 0.3) is 0 Å². The highest BCUT2D eigenvalue weighted by molar-refractivity contribution is 5.85. The summed E-state index contributed by atoms with van der Waals surface area (Å²) in [4.78, 5) is 22.8. The van der Waals surface area contributed by atoms with E-state index in [2.05, 4.69) is 5.32 Å². The monoisotopic (exact) mass is 242 g/mol. The van der Waals surface area contributed by atoms with Gasteiger partial charge in [-0.3, -0.25) is 4.79 Å². The van der Waals surface area contributed by atoms with Gasteiger partial charge < -0.3 is 16.2 Å². The van der Waals surface area contributed by atoms with Crippen molar-refractivity contribution in [3.8, 4) is 0 Å². The van der Waals surface area contributed by atoms with Crippen molar-refractivity contribution in [3.05, 3.63) is 0 Å². The van der Waals surface area contributed by atoms with Gasteiger partial charge in [0.1, 0.15) is 6.04 Å². The van der Waals surface area contributed by atoms with Crippen molar-refractivity contribution in [3.63, 3.8) is 0 Å². The van der Waals surface area contributed by atoms with Crippen molar-refractivity contribution in [1.29, 1.82) is 0 Å². The summed E-state index contributed by atoms with van der Waals surface area (Å²) in [7, 11) is 0. The molecule has 4 N–H and O–H groups in total. The molecule has 0 aliphatic heterocycles. The molecule has 0 heterocycles. The molecule has 0 radical (unpaired) electrons. The SMILES string of the molecule is CCC[C@H](NC(=O)C1CCCC(N)C1)C(=O)O. The zero-order valence-electron chi connectivity index (χ0n) is 10.3. The van der Waals surface area contributed by atoms with E-state index in [9.17, 15) is 9.59 Å². The van der Waals surface area contributed by atoms with Crippen molar-refractivity contribution < 1.29 is 14.7 Å². The van der Waals surface area contributed by atoms with Gasteiger partial charge in [-0.2, -0.15) is 0 Å². The predicted octanol–water partition coefficient (Wildman–Crippen LogP) is 0.873. The van der Waals surface area contributed by atoms with E-state index < -0.39 is 12.0 Å². The first kappa shape index (κ1) is 14.0. The molecule has 98 valence electrons. The topological polar surface area (TPSA) is 92.4 Å². The minimum Gasteiger partial charge on any atom is -0.480 e. The zero-order valence-corrected chi connectivity index (χ0v) is 10.3. The minimum atomic E-state index is -0.958. The number of hydrogen-bond donors (Lipinski definition) is 3. The van der Waals surface area contributed by atoms with Crippen LogP contribution < -0.4 is 11.1 Å². The van der Waals surface area contributed by atoms with Crippen LogP contribution in [0.3, 0.4) is 0 Å². The average molecular weight is 242 g/mol. The van der Waals surface area contributed by atoms with E-state index >= 15 is 0 Å². The van der Waals surface area contributed by atoms with Crippen LogP contribution in [-0.4, -0.2) is 29.1 Å². The van der Waals surface area contributed by atoms with E-state index in [1.165, 1.54) is 0 Å². The molecule has 1 aliphatic carbocycles. The van der Waals surface area contributed by atoms with E-state index in [1.54, 1.807) is 0 Å². The van der Waals surface area contributed by atoms with Gasteiger partial charge in [-0.15, -0.1) is 0 Å². The Bertz CT molecular complexity index is 281. The average Bonchev–Trinajstić information content (AvgIpc) is 2.28. The maximum absolute atomic E-state index is 11.9. The third kappa shape index (κ3) is 4.34. The Morgan fingerprint density at radius 2 is 2.18 bits per heavy atom. The molecule has 0 bridgehead atoms. The molecule has 17 heavy (non-hydrogen) atoms. The third-order valence-corrected chi connectivity index (χ3v) is 3.28.